The SMILES string of the molecule is CCOc1cc(C(=O)NC(C)C(C)C)c([N+](=O)[O-])cc1OC. The molecule has 0 fully saturated rings. The van der Waals surface area contributed by atoms with Crippen LogP contribution in [0.3, 0.4) is 0 Å². The summed E-state index contributed by atoms with van der Waals surface area (Å²) in [5, 5.41) is 14.0. The number of benzene rings is 1. The first-order chi connectivity index (χ1) is 10.3. The topological polar surface area (TPSA) is 90.7 Å². The largest absolute Gasteiger partial charge is 0.493 e. The molecule has 122 valence electrons. The normalized spacial score (nSPS) is 11.9. The van der Waals surface area contributed by atoms with E-state index in [0.717, 1.165) is 0 Å². The third-order valence-corrected chi connectivity index (χ3v) is 3.38. The zero-order valence-electron chi connectivity index (χ0n) is 13.5. The predicted molar refractivity (Wildman–Crippen MR) is 82.6 cm³/mol. The van der Waals surface area contributed by atoms with Crippen LogP contribution in [-0.2, 0) is 0 Å². The summed E-state index contributed by atoms with van der Waals surface area (Å²) in [5.41, 5.74) is -0.351. The molecule has 0 radical (unpaired) electrons. The molecule has 1 aromatic rings. The molecular formula is C15H22N2O5. The maximum Gasteiger partial charge on any atom is 0.286 e. The Kier molecular flexibility index (Phi) is 6.15. The van der Waals surface area contributed by atoms with Crippen molar-refractivity contribution in [3.05, 3.63) is 27.8 Å². The van der Waals surface area contributed by atoms with Gasteiger partial charge in [0.25, 0.3) is 11.6 Å². The van der Waals surface area contributed by atoms with Crippen LogP contribution in [0, 0.1) is 16.0 Å². The number of amides is 1. The Balaban J connectivity index is 3.28. The lowest BCUT2D eigenvalue weighted by molar-refractivity contribution is -0.385. The van der Waals surface area contributed by atoms with Gasteiger partial charge in [0.05, 0.1) is 24.7 Å². The lowest BCUT2D eigenvalue weighted by Crippen LogP contribution is -2.36. The molecule has 22 heavy (non-hydrogen) atoms. The molecule has 1 amide bonds. The molecule has 1 N–H and O–H groups in total. The van der Waals surface area contributed by atoms with E-state index in [0.29, 0.717) is 12.4 Å². The van der Waals surface area contributed by atoms with E-state index in [2.05, 4.69) is 5.32 Å². The molecule has 7 heteroatoms. The molecule has 0 aromatic heterocycles. The maximum atomic E-state index is 12.3. The Hall–Kier alpha value is -2.31. The molecule has 0 spiro atoms. The van der Waals surface area contributed by atoms with Crippen LogP contribution in [0.2, 0.25) is 0 Å². The summed E-state index contributed by atoms with van der Waals surface area (Å²) in [7, 11) is 1.39. The first-order valence-electron chi connectivity index (χ1n) is 7.11. The Morgan fingerprint density at radius 2 is 1.95 bits per heavy atom. The molecular weight excluding hydrogens is 288 g/mol. The second-order valence-corrected chi connectivity index (χ2v) is 5.22. The van der Waals surface area contributed by atoms with Gasteiger partial charge in [-0.2, -0.15) is 0 Å². The standard InChI is InChI=1S/C15H22N2O5/c1-6-22-14-7-11(15(18)16-10(4)9(2)3)12(17(19)20)8-13(14)21-5/h7-10H,6H2,1-5H3,(H,16,18). The van der Waals surface area contributed by atoms with Crippen molar-refractivity contribution in [3.8, 4) is 11.5 Å². The molecule has 0 heterocycles. The van der Waals surface area contributed by atoms with Gasteiger partial charge in [0.15, 0.2) is 11.5 Å². The quantitative estimate of drug-likeness (QED) is 0.617. The van der Waals surface area contributed by atoms with E-state index < -0.39 is 10.8 Å². The minimum absolute atomic E-state index is 0.0400. The van der Waals surface area contributed by atoms with Crippen molar-refractivity contribution in [2.45, 2.75) is 33.7 Å². The summed E-state index contributed by atoms with van der Waals surface area (Å²) in [6.45, 7) is 7.90. The fourth-order valence-electron chi connectivity index (χ4n) is 1.76. The van der Waals surface area contributed by atoms with Crippen LogP contribution >= 0.6 is 0 Å². The molecule has 1 aromatic carbocycles. The number of nitro groups is 1. The van der Waals surface area contributed by atoms with Gasteiger partial charge in [-0.1, -0.05) is 13.8 Å². The Bertz CT molecular complexity index is 557. The van der Waals surface area contributed by atoms with E-state index in [4.69, 9.17) is 9.47 Å². The molecule has 0 aliphatic heterocycles. The average Bonchev–Trinajstić information content (AvgIpc) is 2.46. The highest BCUT2D eigenvalue weighted by Crippen LogP contribution is 2.34. The van der Waals surface area contributed by atoms with Crippen molar-refractivity contribution >= 4 is 11.6 Å². The second kappa shape index (κ2) is 7.63. The van der Waals surface area contributed by atoms with Gasteiger partial charge in [0.2, 0.25) is 0 Å². The summed E-state index contributed by atoms with van der Waals surface area (Å²) >= 11 is 0. The number of nitrogens with zero attached hydrogens (tertiary/aromatic N) is 1. The van der Waals surface area contributed by atoms with E-state index in [1.807, 2.05) is 20.8 Å². The van der Waals surface area contributed by atoms with Crippen molar-refractivity contribution in [3.63, 3.8) is 0 Å². The minimum Gasteiger partial charge on any atom is -0.493 e. The van der Waals surface area contributed by atoms with Gasteiger partial charge >= 0.3 is 0 Å². The van der Waals surface area contributed by atoms with E-state index in [1.54, 1.807) is 6.92 Å². The lowest BCUT2D eigenvalue weighted by atomic mass is 10.1. The maximum absolute atomic E-state index is 12.3. The minimum atomic E-state index is -0.604. The Morgan fingerprint density at radius 3 is 2.41 bits per heavy atom. The van der Waals surface area contributed by atoms with Crippen molar-refractivity contribution in [2.24, 2.45) is 5.92 Å². The van der Waals surface area contributed by atoms with E-state index in [1.165, 1.54) is 19.2 Å². The summed E-state index contributed by atoms with van der Waals surface area (Å²) in [4.78, 5) is 22.9. The molecule has 7 nitrogen and oxygen atoms in total. The molecule has 1 rings (SSSR count). The van der Waals surface area contributed by atoms with E-state index in [9.17, 15) is 14.9 Å². The highest BCUT2D eigenvalue weighted by atomic mass is 16.6. The second-order valence-electron chi connectivity index (χ2n) is 5.22. The molecule has 1 unspecified atom stereocenters. The number of carbonyl (C=O) groups is 1. The van der Waals surface area contributed by atoms with Crippen LogP contribution in [0.15, 0.2) is 12.1 Å². The number of nitro benzene ring substituents is 1. The summed E-state index contributed by atoms with van der Waals surface area (Å²) in [6.07, 6.45) is 0. The summed E-state index contributed by atoms with van der Waals surface area (Å²) in [6, 6.07) is 2.45. The van der Waals surface area contributed by atoms with Crippen molar-refractivity contribution in [1.29, 1.82) is 0 Å². The fraction of sp³-hybridized carbons (Fsp3) is 0.533. The van der Waals surface area contributed by atoms with Crippen LogP contribution in [0.25, 0.3) is 0 Å². The van der Waals surface area contributed by atoms with E-state index in [-0.39, 0.29) is 29.0 Å². The molecule has 0 bridgehead atoms. The summed E-state index contributed by atoms with van der Waals surface area (Å²) in [5.74, 6) is 0.240. The van der Waals surface area contributed by atoms with Gasteiger partial charge in [-0.05, 0) is 19.8 Å². The monoisotopic (exact) mass is 310 g/mol. The zero-order chi connectivity index (χ0) is 16.9. The lowest BCUT2D eigenvalue weighted by Gasteiger charge is -2.18. The van der Waals surface area contributed by atoms with Gasteiger partial charge in [0.1, 0.15) is 5.56 Å². The highest BCUT2D eigenvalue weighted by Gasteiger charge is 2.25. The molecule has 0 saturated carbocycles. The zero-order valence-corrected chi connectivity index (χ0v) is 13.5. The van der Waals surface area contributed by atoms with Crippen molar-refractivity contribution < 1.29 is 19.2 Å². The van der Waals surface area contributed by atoms with Gasteiger partial charge in [-0.3, -0.25) is 14.9 Å². The van der Waals surface area contributed by atoms with Crippen LogP contribution in [0.5, 0.6) is 11.5 Å². The van der Waals surface area contributed by atoms with Crippen molar-refractivity contribution in [2.75, 3.05) is 13.7 Å². The first-order valence-corrected chi connectivity index (χ1v) is 7.11. The number of hydrogen-bond donors (Lipinski definition) is 1. The first kappa shape index (κ1) is 17.7. The number of nitrogens with one attached hydrogen (secondary N) is 1. The predicted octanol–water partition coefficient (Wildman–Crippen LogP) is 2.78. The molecule has 0 aliphatic rings. The molecule has 0 saturated heterocycles. The van der Waals surface area contributed by atoms with E-state index >= 15 is 0 Å². The molecule has 0 aliphatic carbocycles. The van der Waals surface area contributed by atoms with Gasteiger partial charge < -0.3 is 14.8 Å². The van der Waals surface area contributed by atoms with Gasteiger partial charge in [-0.15, -0.1) is 0 Å². The number of rotatable bonds is 7. The van der Waals surface area contributed by atoms with Crippen LogP contribution in [-0.4, -0.2) is 30.6 Å². The van der Waals surface area contributed by atoms with Gasteiger partial charge in [0, 0.05) is 12.1 Å². The number of methoxy groups -OCH3 is 1. The van der Waals surface area contributed by atoms with Crippen LogP contribution < -0.4 is 14.8 Å². The van der Waals surface area contributed by atoms with Crippen LogP contribution in [0.1, 0.15) is 38.1 Å². The third kappa shape index (κ3) is 4.09. The third-order valence-electron chi connectivity index (χ3n) is 3.38. The average molecular weight is 310 g/mol. The highest BCUT2D eigenvalue weighted by molar-refractivity contribution is 5.99. The fourth-order valence-corrected chi connectivity index (χ4v) is 1.76. The van der Waals surface area contributed by atoms with Crippen molar-refractivity contribution in [1.82, 2.24) is 5.32 Å². The molecule has 1 atom stereocenters. The number of hydrogen-bond acceptors (Lipinski definition) is 5. The number of ether oxygens (including phenoxy) is 2. The summed E-state index contributed by atoms with van der Waals surface area (Å²) < 4.78 is 10.5. The van der Waals surface area contributed by atoms with Gasteiger partial charge in [-0.25, -0.2) is 0 Å². The Labute approximate surface area is 129 Å². The number of carbonyl (C=O) groups excluding carboxylic acids is 1. The smallest absolute Gasteiger partial charge is 0.286 e. The van der Waals surface area contributed by atoms with Crippen LogP contribution in [0.4, 0.5) is 5.69 Å². The Morgan fingerprint density at radius 1 is 1.32 bits per heavy atom.